The van der Waals surface area contributed by atoms with Crippen LogP contribution >= 0.6 is 63.1 Å². The maximum Gasteiger partial charge on any atom is 0.270 e. The van der Waals surface area contributed by atoms with Gasteiger partial charge in [0.15, 0.2) is 4.32 Å². The summed E-state index contributed by atoms with van der Waals surface area (Å²) < 4.78 is 1.41. The first-order valence-electron chi connectivity index (χ1n) is 6.45. The molecule has 0 unspecified atom stereocenters. The van der Waals surface area contributed by atoms with Crippen LogP contribution in [0.5, 0.6) is 0 Å². The number of amides is 1. The van der Waals surface area contributed by atoms with Crippen LogP contribution in [0.4, 0.5) is 5.69 Å². The Kier molecular flexibility index (Phi) is 5.13. The first-order chi connectivity index (χ1) is 11.0. The third kappa shape index (κ3) is 3.49. The number of thioether (sulfide) groups is 1. The van der Waals surface area contributed by atoms with Crippen LogP contribution in [-0.2, 0) is 4.79 Å². The molecule has 1 aliphatic heterocycles. The van der Waals surface area contributed by atoms with E-state index >= 15 is 0 Å². The van der Waals surface area contributed by atoms with Gasteiger partial charge in [0.2, 0.25) is 0 Å². The molecule has 0 saturated carbocycles. The molecule has 0 bridgehead atoms. The van der Waals surface area contributed by atoms with Gasteiger partial charge in [0.25, 0.3) is 5.91 Å². The molecule has 1 amide bonds. The predicted octanol–water partition coefficient (Wildman–Crippen LogP) is 6.16. The van der Waals surface area contributed by atoms with E-state index in [0.29, 0.717) is 24.8 Å². The molecular weight excluding hydrogens is 437 g/mol. The minimum absolute atomic E-state index is 0.182. The highest BCUT2D eigenvalue weighted by molar-refractivity contribution is 9.10. The number of halogens is 3. The van der Waals surface area contributed by atoms with E-state index in [1.165, 1.54) is 16.7 Å². The van der Waals surface area contributed by atoms with Gasteiger partial charge in [0.1, 0.15) is 0 Å². The van der Waals surface area contributed by atoms with Gasteiger partial charge in [-0.15, -0.1) is 0 Å². The molecule has 1 saturated heterocycles. The summed E-state index contributed by atoms with van der Waals surface area (Å²) in [5.41, 5.74) is 1.34. The molecule has 23 heavy (non-hydrogen) atoms. The maximum atomic E-state index is 12.7. The van der Waals surface area contributed by atoms with Crippen molar-refractivity contribution in [1.82, 2.24) is 0 Å². The van der Waals surface area contributed by atoms with E-state index in [1.54, 1.807) is 24.3 Å². The van der Waals surface area contributed by atoms with Crippen molar-refractivity contribution in [1.29, 1.82) is 0 Å². The van der Waals surface area contributed by atoms with Crippen molar-refractivity contribution in [3.8, 4) is 0 Å². The molecule has 0 atom stereocenters. The molecule has 0 aromatic heterocycles. The van der Waals surface area contributed by atoms with Crippen LogP contribution in [-0.4, -0.2) is 10.2 Å². The van der Waals surface area contributed by atoms with Crippen molar-refractivity contribution in [2.75, 3.05) is 4.90 Å². The number of carbonyl (C=O) groups is 1. The van der Waals surface area contributed by atoms with E-state index in [-0.39, 0.29) is 5.91 Å². The number of anilines is 1. The summed E-state index contributed by atoms with van der Waals surface area (Å²) in [7, 11) is 0. The second-order valence-corrected chi connectivity index (χ2v) is 8.03. The SMILES string of the molecule is O=C1C(=Cc2c(Cl)cccc2Cl)SC(=S)N1c1ccc(Br)cc1. The van der Waals surface area contributed by atoms with Crippen molar-refractivity contribution in [3.05, 3.63) is 67.5 Å². The Morgan fingerprint density at radius 2 is 1.70 bits per heavy atom. The lowest BCUT2D eigenvalue weighted by molar-refractivity contribution is -0.113. The Balaban J connectivity index is 1.98. The monoisotopic (exact) mass is 443 g/mol. The number of hydrogen-bond donors (Lipinski definition) is 0. The molecule has 2 nitrogen and oxygen atoms in total. The van der Waals surface area contributed by atoms with Gasteiger partial charge in [0, 0.05) is 20.1 Å². The van der Waals surface area contributed by atoms with E-state index in [2.05, 4.69) is 15.9 Å². The van der Waals surface area contributed by atoms with Crippen molar-refractivity contribution < 1.29 is 4.79 Å². The molecular formula is C16H8BrCl2NOS2. The summed E-state index contributed by atoms with van der Waals surface area (Å²) in [6, 6.07) is 12.6. The molecule has 0 aliphatic carbocycles. The summed E-state index contributed by atoms with van der Waals surface area (Å²) in [4.78, 5) is 14.7. The topological polar surface area (TPSA) is 20.3 Å². The Morgan fingerprint density at radius 1 is 1.09 bits per heavy atom. The lowest BCUT2D eigenvalue weighted by atomic mass is 10.2. The number of hydrogen-bond acceptors (Lipinski definition) is 3. The average molecular weight is 445 g/mol. The first kappa shape index (κ1) is 17.0. The Hall–Kier alpha value is -0.850. The van der Waals surface area contributed by atoms with Gasteiger partial charge in [-0.2, -0.15) is 0 Å². The zero-order valence-electron chi connectivity index (χ0n) is 11.4. The fourth-order valence-electron chi connectivity index (χ4n) is 2.06. The predicted molar refractivity (Wildman–Crippen MR) is 106 cm³/mol. The van der Waals surface area contributed by atoms with Crippen LogP contribution < -0.4 is 4.90 Å². The lowest BCUT2D eigenvalue weighted by Crippen LogP contribution is -2.27. The molecule has 2 aromatic rings. The molecule has 1 aliphatic rings. The highest BCUT2D eigenvalue weighted by Gasteiger charge is 2.33. The van der Waals surface area contributed by atoms with E-state index in [0.717, 1.165) is 10.2 Å². The van der Waals surface area contributed by atoms with Crippen LogP contribution in [0.15, 0.2) is 51.8 Å². The van der Waals surface area contributed by atoms with Gasteiger partial charge in [0.05, 0.1) is 10.6 Å². The third-order valence-corrected chi connectivity index (χ3v) is 5.64. The highest BCUT2D eigenvalue weighted by atomic mass is 79.9. The molecule has 1 heterocycles. The summed E-state index contributed by atoms with van der Waals surface area (Å²) in [5, 5.41) is 0.984. The summed E-state index contributed by atoms with van der Waals surface area (Å²) in [6.45, 7) is 0. The highest BCUT2D eigenvalue weighted by Crippen LogP contribution is 2.38. The number of carbonyl (C=O) groups excluding carboxylic acids is 1. The van der Waals surface area contributed by atoms with E-state index in [9.17, 15) is 4.79 Å². The second kappa shape index (κ2) is 6.95. The summed E-state index contributed by atoms with van der Waals surface area (Å²) in [6.07, 6.45) is 1.68. The number of nitrogens with zero attached hydrogens (tertiary/aromatic N) is 1. The average Bonchev–Trinajstić information content (AvgIpc) is 2.79. The molecule has 0 radical (unpaired) electrons. The van der Waals surface area contributed by atoms with Crippen molar-refractivity contribution in [2.24, 2.45) is 0 Å². The van der Waals surface area contributed by atoms with Gasteiger partial charge in [-0.05, 0) is 42.5 Å². The number of benzene rings is 2. The van der Waals surface area contributed by atoms with E-state index < -0.39 is 0 Å². The van der Waals surface area contributed by atoms with Crippen molar-refractivity contribution in [3.63, 3.8) is 0 Å². The fraction of sp³-hybridized carbons (Fsp3) is 0. The molecule has 0 spiro atoms. The van der Waals surface area contributed by atoms with Gasteiger partial charge in [-0.3, -0.25) is 9.69 Å². The number of thiocarbonyl (C=S) groups is 1. The van der Waals surface area contributed by atoms with Gasteiger partial charge in [-0.25, -0.2) is 0 Å². The zero-order valence-corrected chi connectivity index (χ0v) is 16.2. The second-order valence-electron chi connectivity index (χ2n) is 4.63. The maximum absolute atomic E-state index is 12.7. The fourth-order valence-corrected chi connectivity index (χ4v) is 4.11. The molecule has 3 rings (SSSR count). The minimum Gasteiger partial charge on any atom is -0.268 e. The summed E-state index contributed by atoms with van der Waals surface area (Å²) >= 11 is 22.3. The quantitative estimate of drug-likeness (QED) is 0.408. The van der Waals surface area contributed by atoms with Crippen LogP contribution in [0.2, 0.25) is 10.0 Å². The minimum atomic E-state index is -0.182. The Labute approximate surface area is 161 Å². The molecule has 116 valence electrons. The van der Waals surface area contributed by atoms with E-state index in [4.69, 9.17) is 35.4 Å². The van der Waals surface area contributed by atoms with Crippen LogP contribution in [0.1, 0.15) is 5.56 Å². The van der Waals surface area contributed by atoms with Crippen LogP contribution in [0, 0.1) is 0 Å². The largest absolute Gasteiger partial charge is 0.270 e. The number of rotatable bonds is 2. The standard InChI is InChI=1S/C16H8BrCl2NOS2/c17-9-4-6-10(7-5-9)20-15(21)14(23-16(20)22)8-11-12(18)2-1-3-13(11)19/h1-8H. The zero-order chi connectivity index (χ0) is 16.6. The third-order valence-electron chi connectivity index (χ3n) is 3.15. The van der Waals surface area contributed by atoms with Crippen LogP contribution in [0.25, 0.3) is 6.08 Å². The first-order valence-corrected chi connectivity index (χ1v) is 9.22. The van der Waals surface area contributed by atoms with E-state index in [1.807, 2.05) is 24.3 Å². The van der Waals surface area contributed by atoms with Gasteiger partial charge >= 0.3 is 0 Å². The lowest BCUT2D eigenvalue weighted by Gasteiger charge is -2.14. The Morgan fingerprint density at radius 3 is 2.30 bits per heavy atom. The van der Waals surface area contributed by atoms with Gasteiger partial charge in [-0.1, -0.05) is 69.2 Å². The molecule has 2 aromatic carbocycles. The van der Waals surface area contributed by atoms with Gasteiger partial charge < -0.3 is 0 Å². The van der Waals surface area contributed by atoms with Crippen molar-refractivity contribution >= 4 is 85.1 Å². The normalized spacial score (nSPS) is 16.5. The molecule has 7 heteroatoms. The molecule has 1 fully saturated rings. The summed E-state index contributed by atoms with van der Waals surface area (Å²) in [5.74, 6) is -0.182. The Bertz CT molecular complexity index is 816. The smallest absolute Gasteiger partial charge is 0.268 e. The van der Waals surface area contributed by atoms with Crippen molar-refractivity contribution in [2.45, 2.75) is 0 Å². The van der Waals surface area contributed by atoms with Crippen LogP contribution in [0.3, 0.4) is 0 Å². The molecule has 0 N–H and O–H groups in total.